The molecule has 2 aromatic carbocycles. The summed E-state index contributed by atoms with van der Waals surface area (Å²) in [6, 6.07) is 9.99. The average molecular weight is 344 g/mol. The van der Waals surface area contributed by atoms with Crippen molar-refractivity contribution in [2.75, 3.05) is 10.6 Å². The second kappa shape index (κ2) is 7.39. The molecular weight excluding hydrogens is 328 g/mol. The van der Waals surface area contributed by atoms with Gasteiger partial charge in [0.05, 0.1) is 15.9 Å². The van der Waals surface area contributed by atoms with Crippen LogP contribution in [0.15, 0.2) is 42.5 Å². The lowest BCUT2D eigenvalue weighted by Crippen LogP contribution is -2.17. The Morgan fingerprint density at radius 3 is 2.28 bits per heavy atom. The number of nitro benzene ring substituents is 2. The summed E-state index contributed by atoms with van der Waals surface area (Å²) in [7, 11) is 0. The van der Waals surface area contributed by atoms with Crippen LogP contribution in [0, 0.1) is 26.1 Å². The SMILES string of the molecule is CC(C)C(=O)Nc1cccc(Nc2ccc([N+](=O)[O-])cc2[N+](=O)[O-])c1. The number of nitro groups is 2. The van der Waals surface area contributed by atoms with Gasteiger partial charge in [-0.25, -0.2) is 0 Å². The maximum Gasteiger partial charge on any atom is 0.299 e. The fraction of sp³-hybridized carbons (Fsp3) is 0.188. The van der Waals surface area contributed by atoms with Crippen molar-refractivity contribution >= 4 is 34.3 Å². The number of amides is 1. The number of benzene rings is 2. The molecule has 0 spiro atoms. The molecule has 1 amide bonds. The van der Waals surface area contributed by atoms with Crippen LogP contribution in [0.25, 0.3) is 0 Å². The van der Waals surface area contributed by atoms with E-state index in [2.05, 4.69) is 10.6 Å². The Hall–Kier alpha value is -3.49. The summed E-state index contributed by atoms with van der Waals surface area (Å²) < 4.78 is 0. The van der Waals surface area contributed by atoms with Gasteiger partial charge >= 0.3 is 0 Å². The molecule has 0 aliphatic heterocycles. The summed E-state index contributed by atoms with van der Waals surface area (Å²) in [4.78, 5) is 32.3. The molecule has 0 unspecified atom stereocenters. The average Bonchev–Trinajstić information content (AvgIpc) is 2.55. The number of hydrogen-bond acceptors (Lipinski definition) is 6. The lowest BCUT2D eigenvalue weighted by molar-refractivity contribution is -0.393. The van der Waals surface area contributed by atoms with Crippen molar-refractivity contribution in [3.05, 3.63) is 62.7 Å². The quantitative estimate of drug-likeness (QED) is 0.605. The molecule has 130 valence electrons. The van der Waals surface area contributed by atoms with Crippen LogP contribution in [0.4, 0.5) is 28.4 Å². The summed E-state index contributed by atoms with van der Waals surface area (Å²) in [6.45, 7) is 3.52. The first-order valence-electron chi connectivity index (χ1n) is 7.38. The number of nitrogens with zero attached hydrogens (tertiary/aromatic N) is 2. The summed E-state index contributed by atoms with van der Waals surface area (Å²) in [6.07, 6.45) is 0. The van der Waals surface area contributed by atoms with Crippen LogP contribution in [0.5, 0.6) is 0 Å². The topological polar surface area (TPSA) is 127 Å². The fourth-order valence-corrected chi connectivity index (χ4v) is 2.01. The van der Waals surface area contributed by atoms with Crippen molar-refractivity contribution in [2.24, 2.45) is 5.92 Å². The third-order valence-corrected chi connectivity index (χ3v) is 3.32. The van der Waals surface area contributed by atoms with Gasteiger partial charge < -0.3 is 10.6 Å². The number of rotatable bonds is 6. The summed E-state index contributed by atoms with van der Waals surface area (Å²) in [5.74, 6) is -0.342. The molecular formula is C16H16N4O5. The smallest absolute Gasteiger partial charge is 0.299 e. The molecule has 9 heteroatoms. The Bertz CT molecular complexity index is 835. The fourth-order valence-electron chi connectivity index (χ4n) is 2.01. The number of non-ortho nitro benzene ring substituents is 1. The molecule has 25 heavy (non-hydrogen) atoms. The highest BCUT2D eigenvalue weighted by Crippen LogP contribution is 2.31. The predicted molar refractivity (Wildman–Crippen MR) is 92.9 cm³/mol. The van der Waals surface area contributed by atoms with E-state index in [0.29, 0.717) is 11.4 Å². The predicted octanol–water partition coefficient (Wildman–Crippen LogP) is 3.84. The lowest BCUT2D eigenvalue weighted by atomic mass is 10.2. The Balaban J connectivity index is 2.29. The molecule has 0 heterocycles. The van der Waals surface area contributed by atoms with Crippen LogP contribution in [-0.2, 0) is 4.79 Å². The minimum Gasteiger partial charge on any atom is -0.350 e. The molecule has 0 saturated carbocycles. The van der Waals surface area contributed by atoms with Crippen molar-refractivity contribution in [3.63, 3.8) is 0 Å². The number of nitrogens with one attached hydrogen (secondary N) is 2. The zero-order chi connectivity index (χ0) is 18.6. The largest absolute Gasteiger partial charge is 0.350 e. The van der Waals surface area contributed by atoms with E-state index >= 15 is 0 Å². The van der Waals surface area contributed by atoms with Crippen LogP contribution in [0.2, 0.25) is 0 Å². The molecule has 2 aromatic rings. The van der Waals surface area contributed by atoms with Crippen molar-refractivity contribution < 1.29 is 14.6 Å². The van der Waals surface area contributed by atoms with E-state index in [1.54, 1.807) is 38.1 Å². The zero-order valence-electron chi connectivity index (χ0n) is 13.6. The highest BCUT2D eigenvalue weighted by atomic mass is 16.6. The third-order valence-electron chi connectivity index (χ3n) is 3.32. The van der Waals surface area contributed by atoms with Crippen LogP contribution in [0.1, 0.15) is 13.8 Å². The van der Waals surface area contributed by atoms with Crippen LogP contribution in [-0.4, -0.2) is 15.8 Å². The van der Waals surface area contributed by atoms with Gasteiger partial charge in [-0.1, -0.05) is 19.9 Å². The standard InChI is InChI=1S/C16H16N4O5/c1-10(2)16(21)18-12-5-3-4-11(8-12)17-14-7-6-13(19(22)23)9-15(14)20(24)25/h3-10,17H,1-2H3,(H,18,21). The monoisotopic (exact) mass is 344 g/mol. The molecule has 0 aliphatic carbocycles. The molecule has 9 nitrogen and oxygen atoms in total. The molecule has 0 bridgehead atoms. The van der Waals surface area contributed by atoms with E-state index in [1.807, 2.05) is 0 Å². The van der Waals surface area contributed by atoms with Gasteiger partial charge in [0.2, 0.25) is 5.91 Å². The number of carbonyl (C=O) groups excluding carboxylic acids is 1. The Kier molecular flexibility index (Phi) is 5.28. The van der Waals surface area contributed by atoms with Crippen molar-refractivity contribution in [1.82, 2.24) is 0 Å². The molecule has 0 atom stereocenters. The van der Waals surface area contributed by atoms with E-state index in [1.165, 1.54) is 12.1 Å². The summed E-state index contributed by atoms with van der Waals surface area (Å²) >= 11 is 0. The second-order valence-electron chi connectivity index (χ2n) is 5.57. The zero-order valence-corrected chi connectivity index (χ0v) is 13.6. The van der Waals surface area contributed by atoms with E-state index < -0.39 is 15.5 Å². The van der Waals surface area contributed by atoms with E-state index in [-0.39, 0.29) is 23.2 Å². The van der Waals surface area contributed by atoms with Crippen LogP contribution < -0.4 is 10.6 Å². The van der Waals surface area contributed by atoms with Crippen molar-refractivity contribution in [2.45, 2.75) is 13.8 Å². The third kappa shape index (κ3) is 4.50. The normalized spacial score (nSPS) is 10.4. The number of carbonyl (C=O) groups is 1. The van der Waals surface area contributed by atoms with Gasteiger partial charge in [0.1, 0.15) is 5.69 Å². The highest BCUT2D eigenvalue weighted by molar-refractivity contribution is 5.92. The van der Waals surface area contributed by atoms with E-state index in [0.717, 1.165) is 6.07 Å². The molecule has 0 saturated heterocycles. The first-order valence-corrected chi connectivity index (χ1v) is 7.38. The van der Waals surface area contributed by atoms with Gasteiger partial charge in [0, 0.05) is 23.4 Å². The second-order valence-corrected chi connectivity index (χ2v) is 5.57. The van der Waals surface area contributed by atoms with E-state index in [9.17, 15) is 25.0 Å². The maximum atomic E-state index is 11.7. The molecule has 0 fully saturated rings. The summed E-state index contributed by atoms with van der Waals surface area (Å²) in [5.41, 5.74) is 0.371. The van der Waals surface area contributed by atoms with E-state index in [4.69, 9.17) is 0 Å². The first kappa shape index (κ1) is 17.9. The minimum absolute atomic E-state index is 0.114. The van der Waals surface area contributed by atoms with Gasteiger partial charge in [0.15, 0.2) is 0 Å². The molecule has 2 rings (SSSR count). The van der Waals surface area contributed by atoms with Gasteiger partial charge in [-0.3, -0.25) is 25.0 Å². The van der Waals surface area contributed by atoms with Crippen LogP contribution >= 0.6 is 0 Å². The lowest BCUT2D eigenvalue weighted by Gasteiger charge is -2.11. The molecule has 2 N–H and O–H groups in total. The molecule has 0 aliphatic rings. The number of hydrogen-bond donors (Lipinski definition) is 2. The van der Waals surface area contributed by atoms with Gasteiger partial charge in [0.25, 0.3) is 11.4 Å². The molecule has 0 radical (unpaired) electrons. The van der Waals surface area contributed by atoms with Gasteiger partial charge in [-0.2, -0.15) is 0 Å². The molecule has 0 aromatic heterocycles. The van der Waals surface area contributed by atoms with Crippen molar-refractivity contribution in [1.29, 1.82) is 0 Å². The Morgan fingerprint density at radius 2 is 1.68 bits per heavy atom. The van der Waals surface area contributed by atoms with Gasteiger partial charge in [-0.05, 0) is 24.3 Å². The summed E-state index contributed by atoms with van der Waals surface area (Å²) in [5, 5.41) is 27.5. The minimum atomic E-state index is -0.696. The van der Waals surface area contributed by atoms with Crippen molar-refractivity contribution in [3.8, 4) is 0 Å². The number of anilines is 3. The van der Waals surface area contributed by atoms with Gasteiger partial charge in [-0.15, -0.1) is 0 Å². The highest BCUT2D eigenvalue weighted by Gasteiger charge is 2.19. The Labute approximate surface area is 143 Å². The first-order chi connectivity index (χ1) is 11.8. The van der Waals surface area contributed by atoms with Crippen LogP contribution in [0.3, 0.4) is 0 Å². The maximum absolute atomic E-state index is 11.7. The Morgan fingerprint density at radius 1 is 1.00 bits per heavy atom.